The molecule has 3 nitrogen and oxygen atoms in total. The Labute approximate surface area is 146 Å². The van der Waals surface area contributed by atoms with Gasteiger partial charge in [-0.25, -0.2) is 0 Å². The quantitative estimate of drug-likeness (QED) is 0.726. The maximum Gasteiger partial charge on any atom is 0.302 e. The van der Waals surface area contributed by atoms with E-state index in [4.69, 9.17) is 4.74 Å². The fourth-order valence-corrected chi connectivity index (χ4v) is 7.53. The Bertz CT molecular complexity index is 517. The van der Waals surface area contributed by atoms with E-state index in [2.05, 4.69) is 13.8 Å². The van der Waals surface area contributed by atoms with Gasteiger partial charge >= 0.3 is 5.97 Å². The monoisotopic (exact) mass is 334 g/mol. The molecular formula is C21H34O3. The Morgan fingerprint density at radius 1 is 0.958 bits per heavy atom. The van der Waals surface area contributed by atoms with Crippen LogP contribution in [0.15, 0.2) is 0 Å². The van der Waals surface area contributed by atoms with Crippen LogP contribution in [-0.4, -0.2) is 23.3 Å². The third kappa shape index (κ3) is 2.37. The molecule has 0 aromatic carbocycles. The summed E-state index contributed by atoms with van der Waals surface area (Å²) in [6, 6.07) is 0. The topological polar surface area (TPSA) is 46.5 Å². The maximum atomic E-state index is 11.3. The molecule has 0 spiro atoms. The van der Waals surface area contributed by atoms with E-state index in [0.29, 0.717) is 11.3 Å². The van der Waals surface area contributed by atoms with Gasteiger partial charge in [0, 0.05) is 6.92 Å². The predicted octanol–water partition coefficient (Wildman–Crippen LogP) is 4.32. The SMILES string of the molecule is CC(=O)O[C@H]1CC[C@@]2(C)[C@@H](CC[C@@H]3[C@@H]2CC[C@]2(C)[C@H](O)CC[C@@H]32)C1. The molecule has 0 saturated heterocycles. The van der Waals surface area contributed by atoms with Gasteiger partial charge in [-0.05, 0) is 92.3 Å². The lowest BCUT2D eigenvalue weighted by Gasteiger charge is -2.60. The van der Waals surface area contributed by atoms with Crippen LogP contribution in [0.4, 0.5) is 0 Å². The van der Waals surface area contributed by atoms with Crippen molar-refractivity contribution in [3.8, 4) is 0 Å². The van der Waals surface area contributed by atoms with Gasteiger partial charge < -0.3 is 9.84 Å². The Hall–Kier alpha value is -0.570. The second kappa shape index (κ2) is 5.72. The zero-order chi connectivity index (χ0) is 17.1. The zero-order valence-corrected chi connectivity index (χ0v) is 15.6. The zero-order valence-electron chi connectivity index (χ0n) is 15.6. The number of aliphatic hydroxyl groups is 1. The smallest absolute Gasteiger partial charge is 0.302 e. The van der Waals surface area contributed by atoms with E-state index in [-0.39, 0.29) is 23.6 Å². The summed E-state index contributed by atoms with van der Waals surface area (Å²) in [6.45, 7) is 6.43. The summed E-state index contributed by atoms with van der Waals surface area (Å²) >= 11 is 0. The number of carbonyl (C=O) groups excluding carboxylic acids is 1. The standard InChI is InChI=1S/C21H34O3/c1-13(22)24-15-8-10-20(2)14(12-15)4-5-16-17-6-7-19(23)21(17,3)11-9-18(16)20/h14-19,23H,4-12H2,1-3H3/t14-,15-,16-,17-,18-,19+,20-,21-/m0/s1. The van der Waals surface area contributed by atoms with E-state index in [0.717, 1.165) is 37.0 Å². The maximum absolute atomic E-state index is 11.3. The summed E-state index contributed by atoms with van der Waals surface area (Å²) in [5.74, 6) is 2.96. The molecule has 4 rings (SSSR count). The molecule has 1 N–H and O–H groups in total. The first-order valence-electron chi connectivity index (χ1n) is 10.2. The molecular weight excluding hydrogens is 300 g/mol. The van der Waals surface area contributed by atoms with Gasteiger partial charge in [0.2, 0.25) is 0 Å². The lowest BCUT2D eigenvalue weighted by Crippen LogP contribution is -2.54. The summed E-state index contributed by atoms with van der Waals surface area (Å²) < 4.78 is 5.55. The second-order valence-electron chi connectivity index (χ2n) is 9.80. The highest BCUT2D eigenvalue weighted by Gasteiger charge is 2.60. The highest BCUT2D eigenvalue weighted by molar-refractivity contribution is 5.66. The van der Waals surface area contributed by atoms with Crippen molar-refractivity contribution in [3.63, 3.8) is 0 Å². The molecule has 136 valence electrons. The molecule has 0 bridgehead atoms. The Morgan fingerprint density at radius 3 is 2.42 bits per heavy atom. The Morgan fingerprint density at radius 2 is 1.67 bits per heavy atom. The third-order valence-electron chi connectivity index (χ3n) is 8.90. The van der Waals surface area contributed by atoms with Gasteiger partial charge in [-0.3, -0.25) is 4.79 Å². The number of rotatable bonds is 1. The molecule has 3 heteroatoms. The number of esters is 1. The van der Waals surface area contributed by atoms with Crippen molar-refractivity contribution in [1.82, 2.24) is 0 Å². The van der Waals surface area contributed by atoms with E-state index in [9.17, 15) is 9.90 Å². The van der Waals surface area contributed by atoms with Crippen LogP contribution >= 0.6 is 0 Å². The first-order chi connectivity index (χ1) is 11.3. The summed E-state index contributed by atoms with van der Waals surface area (Å²) in [7, 11) is 0. The minimum Gasteiger partial charge on any atom is -0.463 e. The minimum atomic E-state index is -0.120. The summed E-state index contributed by atoms with van der Waals surface area (Å²) in [5.41, 5.74) is 0.605. The third-order valence-corrected chi connectivity index (χ3v) is 8.90. The Balaban J connectivity index is 1.53. The van der Waals surface area contributed by atoms with E-state index in [1.54, 1.807) is 0 Å². The molecule has 4 saturated carbocycles. The fraction of sp³-hybridized carbons (Fsp3) is 0.952. The number of aliphatic hydroxyl groups excluding tert-OH is 1. The minimum absolute atomic E-state index is 0.0753. The highest BCUT2D eigenvalue weighted by Crippen LogP contribution is 2.66. The van der Waals surface area contributed by atoms with E-state index < -0.39 is 0 Å². The molecule has 0 radical (unpaired) electrons. The van der Waals surface area contributed by atoms with E-state index >= 15 is 0 Å². The van der Waals surface area contributed by atoms with Crippen molar-refractivity contribution in [2.24, 2.45) is 34.5 Å². The van der Waals surface area contributed by atoms with Crippen LogP contribution in [0.25, 0.3) is 0 Å². The second-order valence-corrected chi connectivity index (χ2v) is 9.80. The van der Waals surface area contributed by atoms with Crippen LogP contribution in [0.3, 0.4) is 0 Å². The van der Waals surface area contributed by atoms with Crippen LogP contribution in [0.2, 0.25) is 0 Å². The molecule has 0 unspecified atom stereocenters. The molecule has 0 amide bonds. The van der Waals surface area contributed by atoms with E-state index in [1.165, 1.54) is 45.4 Å². The lowest BCUT2D eigenvalue weighted by molar-refractivity contribution is -0.161. The normalized spacial score (nSPS) is 53.7. The average molecular weight is 335 g/mol. The molecule has 4 aliphatic carbocycles. The van der Waals surface area contributed by atoms with Gasteiger partial charge in [0.1, 0.15) is 6.10 Å². The molecule has 4 aliphatic rings. The molecule has 0 aromatic rings. The summed E-state index contributed by atoms with van der Waals surface area (Å²) in [6.07, 6.45) is 10.8. The van der Waals surface area contributed by atoms with Crippen LogP contribution < -0.4 is 0 Å². The van der Waals surface area contributed by atoms with Crippen molar-refractivity contribution < 1.29 is 14.6 Å². The predicted molar refractivity (Wildman–Crippen MR) is 93.3 cm³/mol. The van der Waals surface area contributed by atoms with Crippen molar-refractivity contribution in [2.75, 3.05) is 0 Å². The number of fused-ring (bicyclic) bond motifs is 5. The number of ether oxygens (including phenoxy) is 1. The van der Waals surface area contributed by atoms with Gasteiger partial charge in [0.15, 0.2) is 0 Å². The van der Waals surface area contributed by atoms with Crippen LogP contribution in [-0.2, 0) is 9.53 Å². The highest BCUT2D eigenvalue weighted by atomic mass is 16.5. The van der Waals surface area contributed by atoms with E-state index in [1.807, 2.05) is 0 Å². The summed E-state index contributed by atoms with van der Waals surface area (Å²) in [4.78, 5) is 11.3. The molecule has 0 heterocycles. The van der Waals surface area contributed by atoms with Crippen molar-refractivity contribution in [3.05, 3.63) is 0 Å². The molecule has 8 atom stereocenters. The van der Waals surface area contributed by atoms with Gasteiger partial charge in [-0.15, -0.1) is 0 Å². The first kappa shape index (κ1) is 16.9. The Kier molecular flexibility index (Phi) is 4.02. The van der Waals surface area contributed by atoms with Crippen molar-refractivity contribution in [1.29, 1.82) is 0 Å². The van der Waals surface area contributed by atoms with Crippen LogP contribution in [0.5, 0.6) is 0 Å². The molecule has 0 aliphatic heterocycles. The molecule has 4 fully saturated rings. The van der Waals surface area contributed by atoms with Gasteiger partial charge in [-0.2, -0.15) is 0 Å². The van der Waals surface area contributed by atoms with Gasteiger partial charge in [0.25, 0.3) is 0 Å². The first-order valence-corrected chi connectivity index (χ1v) is 10.2. The summed E-state index contributed by atoms with van der Waals surface area (Å²) in [5, 5.41) is 10.5. The number of hydrogen-bond donors (Lipinski definition) is 1. The van der Waals surface area contributed by atoms with Gasteiger partial charge in [-0.1, -0.05) is 13.8 Å². The van der Waals surface area contributed by atoms with Crippen LogP contribution in [0, 0.1) is 34.5 Å². The number of hydrogen-bond acceptors (Lipinski definition) is 3. The van der Waals surface area contributed by atoms with Crippen molar-refractivity contribution >= 4 is 5.97 Å². The van der Waals surface area contributed by atoms with Crippen LogP contribution in [0.1, 0.15) is 78.6 Å². The lowest BCUT2D eigenvalue weighted by atomic mass is 9.45. The number of carbonyl (C=O) groups is 1. The fourth-order valence-electron chi connectivity index (χ4n) is 7.53. The largest absolute Gasteiger partial charge is 0.463 e. The average Bonchev–Trinajstić information content (AvgIpc) is 2.83. The van der Waals surface area contributed by atoms with Gasteiger partial charge in [0.05, 0.1) is 6.10 Å². The van der Waals surface area contributed by atoms with Crippen molar-refractivity contribution in [2.45, 2.75) is 90.8 Å². The molecule has 24 heavy (non-hydrogen) atoms. The molecule has 0 aromatic heterocycles.